The van der Waals surface area contributed by atoms with Crippen LogP contribution in [-0.2, 0) is 4.74 Å². The summed E-state index contributed by atoms with van der Waals surface area (Å²) in [6, 6.07) is 2.42. The molecule has 0 saturated carbocycles. The van der Waals surface area contributed by atoms with Gasteiger partial charge >= 0.3 is 0 Å². The van der Waals surface area contributed by atoms with Gasteiger partial charge in [0.2, 0.25) is 0 Å². The highest BCUT2D eigenvalue weighted by molar-refractivity contribution is 7.99. The number of ether oxygens (including phenoxy) is 1. The summed E-state index contributed by atoms with van der Waals surface area (Å²) in [5, 5.41) is 3.53. The Labute approximate surface area is 112 Å². The van der Waals surface area contributed by atoms with Crippen LogP contribution in [0.4, 0.5) is 5.82 Å². The molecule has 3 rings (SSSR count). The number of hydrogen-bond donors (Lipinski definition) is 1. The van der Waals surface area contributed by atoms with E-state index in [1.165, 1.54) is 12.2 Å². The second-order valence-electron chi connectivity index (χ2n) is 5.16. The van der Waals surface area contributed by atoms with Crippen LogP contribution in [0.25, 0.3) is 0 Å². The highest BCUT2D eigenvalue weighted by Crippen LogP contribution is 2.38. The summed E-state index contributed by atoms with van der Waals surface area (Å²) in [5.74, 6) is 4.14. The maximum atomic E-state index is 6.02. The summed E-state index contributed by atoms with van der Waals surface area (Å²) >= 11 is 2.01. The van der Waals surface area contributed by atoms with Crippen LogP contribution in [0.5, 0.6) is 0 Å². The first-order valence-corrected chi connectivity index (χ1v) is 7.69. The lowest BCUT2D eigenvalue weighted by atomic mass is 9.90. The highest BCUT2D eigenvalue weighted by Gasteiger charge is 2.40. The first-order chi connectivity index (χ1) is 8.76. The average Bonchev–Trinajstić information content (AvgIpc) is 2.77. The van der Waals surface area contributed by atoms with Crippen LogP contribution in [0.3, 0.4) is 0 Å². The number of aromatic nitrogens is 2. The Morgan fingerprint density at radius 1 is 1.56 bits per heavy atom. The minimum absolute atomic E-state index is 0.128. The van der Waals surface area contributed by atoms with Crippen LogP contribution in [0.1, 0.15) is 25.1 Å². The molecule has 2 saturated heterocycles. The molecule has 2 aliphatic rings. The van der Waals surface area contributed by atoms with Crippen LogP contribution in [-0.4, -0.2) is 39.7 Å². The maximum Gasteiger partial charge on any atom is 0.129 e. The molecule has 1 spiro atoms. The largest absolute Gasteiger partial charge is 0.374 e. The van der Waals surface area contributed by atoms with E-state index in [1.807, 2.05) is 30.9 Å². The van der Waals surface area contributed by atoms with Gasteiger partial charge in [0.05, 0.1) is 5.60 Å². The van der Waals surface area contributed by atoms with Gasteiger partial charge < -0.3 is 10.1 Å². The first-order valence-electron chi connectivity index (χ1n) is 6.54. The summed E-state index contributed by atoms with van der Waals surface area (Å²) in [5.41, 5.74) is 0.128. The predicted octanol–water partition coefficient (Wildman–Crippen LogP) is 2.25. The molecular formula is C13H19N3OS. The number of nitrogens with one attached hydrogen (secondary N) is 1. The fraction of sp³-hybridized carbons (Fsp3) is 0.692. The van der Waals surface area contributed by atoms with E-state index in [0.717, 1.165) is 36.8 Å². The molecule has 18 heavy (non-hydrogen) atoms. The number of rotatable bonds is 2. The Kier molecular flexibility index (Phi) is 3.43. The topological polar surface area (TPSA) is 47.0 Å². The summed E-state index contributed by atoms with van der Waals surface area (Å²) in [6.45, 7) is 2.78. The maximum absolute atomic E-state index is 6.02. The first kappa shape index (κ1) is 12.2. The van der Waals surface area contributed by atoms with Gasteiger partial charge in [-0.2, -0.15) is 11.8 Å². The smallest absolute Gasteiger partial charge is 0.129 e. The Morgan fingerprint density at radius 3 is 3.28 bits per heavy atom. The Hall–Kier alpha value is -0.810. The molecule has 98 valence electrons. The van der Waals surface area contributed by atoms with Gasteiger partial charge in [-0.25, -0.2) is 9.97 Å². The zero-order valence-electron chi connectivity index (χ0n) is 10.7. The van der Waals surface area contributed by atoms with Crippen molar-refractivity contribution in [3.8, 4) is 0 Å². The second-order valence-corrected chi connectivity index (χ2v) is 6.26. The SMILES string of the molecule is Cc1nccc(NC2CCOC3(CCSC3)C2)n1. The Morgan fingerprint density at radius 2 is 2.50 bits per heavy atom. The van der Waals surface area contributed by atoms with Crippen molar-refractivity contribution in [2.24, 2.45) is 0 Å². The molecule has 0 aliphatic carbocycles. The van der Waals surface area contributed by atoms with Crippen LogP contribution >= 0.6 is 11.8 Å². The van der Waals surface area contributed by atoms with Gasteiger partial charge in [-0.1, -0.05) is 0 Å². The van der Waals surface area contributed by atoms with E-state index in [-0.39, 0.29) is 5.60 Å². The number of aryl methyl sites for hydroxylation is 1. The molecule has 0 amide bonds. The van der Waals surface area contributed by atoms with Gasteiger partial charge in [-0.05, 0) is 38.0 Å². The predicted molar refractivity (Wildman–Crippen MR) is 74.0 cm³/mol. The lowest BCUT2D eigenvalue weighted by Crippen LogP contribution is -2.44. The van der Waals surface area contributed by atoms with Gasteiger partial charge in [0, 0.05) is 24.6 Å². The Bertz CT molecular complexity index is 420. The van der Waals surface area contributed by atoms with Gasteiger partial charge in [-0.15, -0.1) is 0 Å². The van der Waals surface area contributed by atoms with Crippen molar-refractivity contribution in [1.82, 2.24) is 9.97 Å². The fourth-order valence-electron chi connectivity index (χ4n) is 2.76. The highest BCUT2D eigenvalue weighted by atomic mass is 32.2. The number of hydrogen-bond acceptors (Lipinski definition) is 5. The fourth-order valence-corrected chi connectivity index (χ4v) is 4.14. The molecule has 1 aromatic heterocycles. The van der Waals surface area contributed by atoms with Gasteiger partial charge in [-0.3, -0.25) is 0 Å². The number of thioether (sulfide) groups is 1. The van der Waals surface area contributed by atoms with Crippen LogP contribution in [0.2, 0.25) is 0 Å². The van der Waals surface area contributed by atoms with Crippen LogP contribution in [0, 0.1) is 6.92 Å². The van der Waals surface area contributed by atoms with Crippen molar-refractivity contribution in [1.29, 1.82) is 0 Å². The van der Waals surface area contributed by atoms with Gasteiger partial charge in [0.15, 0.2) is 0 Å². The van der Waals surface area contributed by atoms with Gasteiger partial charge in [0.25, 0.3) is 0 Å². The second kappa shape index (κ2) is 5.05. The van der Waals surface area contributed by atoms with E-state index in [1.54, 1.807) is 0 Å². The third kappa shape index (κ3) is 2.62. The molecule has 0 bridgehead atoms. The minimum Gasteiger partial charge on any atom is -0.374 e. The summed E-state index contributed by atoms with van der Waals surface area (Å²) in [7, 11) is 0. The van der Waals surface area contributed by atoms with Crippen molar-refractivity contribution in [2.45, 2.75) is 37.8 Å². The van der Waals surface area contributed by atoms with Crippen LogP contribution < -0.4 is 5.32 Å². The molecule has 2 unspecified atom stereocenters. The van der Waals surface area contributed by atoms with E-state index in [2.05, 4.69) is 15.3 Å². The summed E-state index contributed by atoms with van der Waals surface area (Å²) in [4.78, 5) is 8.54. The minimum atomic E-state index is 0.128. The quantitative estimate of drug-likeness (QED) is 0.888. The normalized spacial score (nSPS) is 31.7. The van der Waals surface area contributed by atoms with E-state index < -0.39 is 0 Å². The molecule has 1 N–H and O–H groups in total. The zero-order valence-corrected chi connectivity index (χ0v) is 11.5. The number of anilines is 1. The molecular weight excluding hydrogens is 246 g/mol. The molecule has 4 nitrogen and oxygen atoms in total. The van der Waals surface area contributed by atoms with E-state index in [9.17, 15) is 0 Å². The molecule has 0 aromatic carbocycles. The molecule has 0 radical (unpaired) electrons. The summed E-state index contributed by atoms with van der Waals surface area (Å²) in [6.07, 6.45) is 5.17. The lowest BCUT2D eigenvalue weighted by molar-refractivity contribution is -0.0628. The third-order valence-electron chi connectivity index (χ3n) is 3.69. The van der Waals surface area contributed by atoms with Crippen LogP contribution in [0.15, 0.2) is 12.3 Å². The number of nitrogens with zero attached hydrogens (tertiary/aromatic N) is 2. The van der Waals surface area contributed by atoms with E-state index >= 15 is 0 Å². The lowest BCUT2D eigenvalue weighted by Gasteiger charge is -2.38. The molecule has 1 aromatic rings. The Balaban J connectivity index is 1.66. The van der Waals surface area contributed by atoms with Gasteiger partial charge in [0.1, 0.15) is 11.6 Å². The van der Waals surface area contributed by atoms with Crippen molar-refractivity contribution < 1.29 is 4.74 Å². The molecule has 2 aliphatic heterocycles. The van der Waals surface area contributed by atoms with Crippen molar-refractivity contribution in [3.05, 3.63) is 18.1 Å². The van der Waals surface area contributed by atoms with E-state index in [0.29, 0.717) is 6.04 Å². The van der Waals surface area contributed by atoms with E-state index in [4.69, 9.17) is 4.74 Å². The monoisotopic (exact) mass is 265 g/mol. The molecule has 3 heterocycles. The summed E-state index contributed by atoms with van der Waals surface area (Å²) < 4.78 is 6.02. The standard InChI is InChI=1S/C13H19N3OS/c1-10-14-5-2-12(15-10)16-11-3-6-17-13(8-11)4-7-18-9-13/h2,5,11H,3-4,6-9H2,1H3,(H,14,15,16). The zero-order chi connectivity index (χ0) is 12.4. The van der Waals surface area contributed by atoms with Crippen molar-refractivity contribution >= 4 is 17.6 Å². The average molecular weight is 265 g/mol. The third-order valence-corrected chi connectivity index (χ3v) is 4.91. The molecule has 5 heteroatoms. The molecule has 2 fully saturated rings. The van der Waals surface area contributed by atoms with Crippen molar-refractivity contribution in [3.63, 3.8) is 0 Å². The van der Waals surface area contributed by atoms with Crippen molar-refractivity contribution in [2.75, 3.05) is 23.4 Å². The molecule has 2 atom stereocenters.